The van der Waals surface area contributed by atoms with E-state index in [1.54, 1.807) is 13.0 Å². The van der Waals surface area contributed by atoms with E-state index in [-0.39, 0.29) is 30.1 Å². The summed E-state index contributed by atoms with van der Waals surface area (Å²) < 4.78 is 4.67. The average molecular weight is 724 g/mol. The second-order valence-electron chi connectivity index (χ2n) is 13.1. The van der Waals surface area contributed by atoms with Crippen molar-refractivity contribution in [3.8, 4) is 11.5 Å². The van der Waals surface area contributed by atoms with Gasteiger partial charge in [0.2, 0.25) is 0 Å². The number of nitrogens with two attached hydrogens (primary N) is 1. The highest BCUT2D eigenvalue weighted by Gasteiger charge is 2.13. The Labute approximate surface area is 314 Å². The van der Waals surface area contributed by atoms with E-state index < -0.39 is 11.9 Å². The first-order valence-electron chi connectivity index (χ1n) is 19.7. The molecule has 4 N–H and O–H groups in total. The first kappa shape index (κ1) is 48.2. The Bertz CT molecular complexity index is 1190. The van der Waals surface area contributed by atoms with Crippen molar-refractivity contribution in [3.05, 3.63) is 60.2 Å². The van der Waals surface area contributed by atoms with Gasteiger partial charge in [0, 0.05) is 19.3 Å². The molecule has 292 valence electrons. The number of ether oxygens (including phenoxy) is 1. The topological polar surface area (TPSA) is 152 Å². The lowest BCUT2D eigenvalue weighted by atomic mass is 9.96. The summed E-state index contributed by atoms with van der Waals surface area (Å²) in [7, 11) is 0. The molecular weight excluding hydrogens is 654 g/mol. The lowest BCUT2D eigenvalue weighted by Gasteiger charge is -2.17. The number of hydrogen-bond acceptors (Lipinski definition) is 9. The van der Waals surface area contributed by atoms with E-state index in [2.05, 4.69) is 39.8 Å². The number of phenolic OH excluding ortho intramolecular Hbond substituents is 2. The highest BCUT2D eigenvalue weighted by molar-refractivity contribution is 5.85. The van der Waals surface area contributed by atoms with Crippen molar-refractivity contribution in [2.75, 3.05) is 6.54 Å². The number of esters is 2. The van der Waals surface area contributed by atoms with Crippen LogP contribution in [0.2, 0.25) is 0 Å². The van der Waals surface area contributed by atoms with Crippen LogP contribution in [0.4, 0.5) is 0 Å². The molecule has 0 atom stereocenters. The van der Waals surface area contributed by atoms with Gasteiger partial charge >= 0.3 is 11.9 Å². The molecule has 0 radical (unpaired) electrons. The first-order chi connectivity index (χ1) is 25.2. The Kier molecular flexibility index (Phi) is 31.8. The molecule has 0 amide bonds. The SMILES string of the molecule is C(=NC1CCCCC1)=NC1CCCCC1.CCC=CCCC(=O)OC(=O)CCC=CCC.CCC=CCCC(C)=O.NCCc1ccc(O)c(O)c1. The molecule has 0 heterocycles. The maximum absolute atomic E-state index is 11.2. The van der Waals surface area contributed by atoms with Crippen LogP contribution < -0.4 is 5.73 Å². The van der Waals surface area contributed by atoms with Gasteiger partial charge in [-0.15, -0.1) is 0 Å². The van der Waals surface area contributed by atoms with Crippen LogP contribution in [0.15, 0.2) is 64.6 Å². The van der Waals surface area contributed by atoms with Gasteiger partial charge in [0.15, 0.2) is 11.5 Å². The summed E-state index contributed by atoms with van der Waals surface area (Å²) in [4.78, 5) is 41.7. The number of aliphatic imine (C=N–C) groups is 2. The summed E-state index contributed by atoms with van der Waals surface area (Å²) in [6.45, 7) is 8.32. The molecule has 0 saturated heterocycles. The van der Waals surface area contributed by atoms with E-state index in [1.165, 1.54) is 76.3 Å². The zero-order valence-corrected chi connectivity index (χ0v) is 32.7. The van der Waals surface area contributed by atoms with E-state index in [1.807, 2.05) is 38.2 Å². The number of allylic oxidation sites excluding steroid dienone is 6. The molecule has 1 aromatic carbocycles. The van der Waals surface area contributed by atoms with Crippen LogP contribution in [0.1, 0.15) is 155 Å². The Hall–Kier alpha value is -3.81. The Morgan fingerprint density at radius 1 is 0.712 bits per heavy atom. The molecule has 1 aromatic rings. The van der Waals surface area contributed by atoms with E-state index in [0.29, 0.717) is 44.3 Å². The third kappa shape index (κ3) is 29.9. The number of benzene rings is 1. The summed E-state index contributed by atoms with van der Waals surface area (Å²) in [6, 6.07) is 8.75. The molecule has 3 rings (SSSR count). The predicted molar refractivity (Wildman–Crippen MR) is 214 cm³/mol. The Balaban J connectivity index is 0.000000685. The van der Waals surface area contributed by atoms with Gasteiger partial charge in [-0.1, -0.05) is 102 Å². The van der Waals surface area contributed by atoms with Gasteiger partial charge in [-0.3, -0.25) is 9.59 Å². The number of carbonyl (C=O) groups is 3. The van der Waals surface area contributed by atoms with Crippen LogP contribution in [-0.2, 0) is 25.5 Å². The standard InChI is InChI=1S/C14H22O3.C13H22N2.C8H11NO2.C8H14O/c1-3-5-7-9-11-13(15)17-14(16)12-10-8-6-4-2;1-3-7-12(8-4-1)14-11-15-13-9-5-2-6-10-13;9-4-3-6-1-2-7(10)8(11)5-6;1-3-4-5-6-7-8(2)9/h5-8H,3-4,9-12H2,1-2H3;12-13H,1-10H2;1-2,5,10-11H,3-4,9H2;4-5H,3,6-7H2,1-2H3. The lowest BCUT2D eigenvalue weighted by molar-refractivity contribution is -0.159. The fourth-order valence-corrected chi connectivity index (χ4v) is 5.28. The lowest BCUT2D eigenvalue weighted by Crippen LogP contribution is -2.11. The van der Waals surface area contributed by atoms with Crippen molar-refractivity contribution in [1.82, 2.24) is 0 Å². The van der Waals surface area contributed by atoms with Gasteiger partial charge in [0.1, 0.15) is 5.78 Å². The maximum Gasteiger partial charge on any atom is 0.313 e. The summed E-state index contributed by atoms with van der Waals surface area (Å²) >= 11 is 0. The largest absolute Gasteiger partial charge is 0.504 e. The highest BCUT2D eigenvalue weighted by Crippen LogP contribution is 2.25. The Morgan fingerprint density at radius 2 is 1.15 bits per heavy atom. The van der Waals surface area contributed by atoms with E-state index >= 15 is 0 Å². The molecule has 0 spiro atoms. The minimum absolute atomic E-state index is 0.0871. The van der Waals surface area contributed by atoms with Crippen LogP contribution in [-0.4, -0.2) is 52.6 Å². The van der Waals surface area contributed by atoms with Crippen molar-refractivity contribution < 1.29 is 29.3 Å². The number of Topliss-reactive ketones (excluding diaryl/α,β-unsaturated/α-hetero) is 1. The zero-order chi connectivity index (χ0) is 38.7. The quantitative estimate of drug-likeness (QED) is 0.0505. The number of hydrogen-bond donors (Lipinski definition) is 3. The molecule has 9 heteroatoms. The third-order valence-corrected chi connectivity index (χ3v) is 8.23. The van der Waals surface area contributed by atoms with Gasteiger partial charge in [0.05, 0.1) is 18.1 Å². The van der Waals surface area contributed by atoms with Crippen molar-refractivity contribution in [3.63, 3.8) is 0 Å². The van der Waals surface area contributed by atoms with Gasteiger partial charge in [0.25, 0.3) is 0 Å². The van der Waals surface area contributed by atoms with Crippen LogP contribution in [0.3, 0.4) is 0 Å². The van der Waals surface area contributed by atoms with Gasteiger partial charge in [-0.05, 0) is 102 Å². The minimum atomic E-state index is -0.435. The number of carbonyl (C=O) groups excluding carboxylic acids is 3. The van der Waals surface area contributed by atoms with Crippen molar-refractivity contribution in [2.24, 2.45) is 15.7 Å². The van der Waals surface area contributed by atoms with Crippen molar-refractivity contribution in [2.45, 2.75) is 168 Å². The van der Waals surface area contributed by atoms with Crippen molar-refractivity contribution >= 4 is 23.7 Å². The molecule has 0 aromatic heterocycles. The second kappa shape index (κ2) is 34.3. The van der Waals surface area contributed by atoms with Gasteiger partial charge < -0.3 is 25.5 Å². The molecular formula is C43H69N3O6. The molecule has 2 aliphatic carbocycles. The van der Waals surface area contributed by atoms with Gasteiger partial charge in [-0.25, -0.2) is 9.98 Å². The molecule has 9 nitrogen and oxygen atoms in total. The smallest absolute Gasteiger partial charge is 0.313 e. The van der Waals surface area contributed by atoms with E-state index in [0.717, 1.165) is 31.2 Å². The molecule has 0 aliphatic heterocycles. The summed E-state index contributed by atoms with van der Waals surface area (Å²) in [6.07, 6.45) is 32.3. The third-order valence-electron chi connectivity index (χ3n) is 8.23. The number of aromatic hydroxyl groups is 2. The molecule has 2 saturated carbocycles. The van der Waals surface area contributed by atoms with E-state index in [4.69, 9.17) is 15.9 Å². The zero-order valence-electron chi connectivity index (χ0n) is 32.7. The molecule has 0 bridgehead atoms. The van der Waals surface area contributed by atoms with E-state index in [9.17, 15) is 14.4 Å². The number of rotatable bonds is 16. The highest BCUT2D eigenvalue weighted by atomic mass is 16.6. The number of ketones is 1. The molecule has 52 heavy (non-hydrogen) atoms. The van der Waals surface area contributed by atoms with Gasteiger partial charge in [-0.2, -0.15) is 0 Å². The molecule has 0 unspecified atom stereocenters. The first-order valence-corrected chi connectivity index (χ1v) is 19.7. The van der Waals surface area contributed by atoms with Crippen LogP contribution in [0.25, 0.3) is 0 Å². The average Bonchev–Trinajstić information content (AvgIpc) is 3.14. The fourth-order valence-electron chi connectivity index (χ4n) is 5.28. The predicted octanol–water partition coefficient (Wildman–Crippen LogP) is 10.3. The number of nitrogens with zero attached hydrogens (tertiary/aromatic N) is 2. The number of phenols is 2. The van der Waals surface area contributed by atoms with Crippen LogP contribution in [0.5, 0.6) is 11.5 Å². The fraction of sp³-hybridized carbons (Fsp3) is 0.628. The van der Waals surface area contributed by atoms with Crippen molar-refractivity contribution in [1.29, 1.82) is 0 Å². The molecule has 2 aliphatic rings. The van der Waals surface area contributed by atoms with Crippen LogP contribution >= 0.6 is 0 Å². The summed E-state index contributed by atoms with van der Waals surface area (Å²) in [5.41, 5.74) is 6.24. The summed E-state index contributed by atoms with van der Waals surface area (Å²) in [5.74, 6) is -0.775. The monoisotopic (exact) mass is 724 g/mol. The maximum atomic E-state index is 11.2. The molecule has 2 fully saturated rings. The normalized spacial score (nSPS) is 14.6. The summed E-state index contributed by atoms with van der Waals surface area (Å²) in [5, 5.41) is 18.0. The van der Waals surface area contributed by atoms with Crippen LogP contribution in [0, 0.1) is 0 Å². The minimum Gasteiger partial charge on any atom is -0.504 e. The Morgan fingerprint density at radius 3 is 1.54 bits per heavy atom. The second-order valence-corrected chi connectivity index (χ2v) is 13.1.